The topological polar surface area (TPSA) is 18.5 Å². The number of hydrogen-bond donors (Lipinski definition) is 2. The Labute approximate surface area is 111 Å². The first-order chi connectivity index (χ1) is 7.60. The maximum atomic E-state index is 5.21. The van der Waals surface area contributed by atoms with Crippen LogP contribution < -0.4 is 0 Å². The van der Waals surface area contributed by atoms with Crippen LogP contribution in [0.25, 0.3) is 0 Å². The third-order valence-corrected chi connectivity index (χ3v) is 4.32. The van der Waals surface area contributed by atoms with Gasteiger partial charge in [-0.3, -0.25) is 0 Å². The van der Waals surface area contributed by atoms with Gasteiger partial charge in [-0.05, 0) is 6.42 Å². The summed E-state index contributed by atoms with van der Waals surface area (Å²) in [5, 5.41) is -0.844. The van der Waals surface area contributed by atoms with Crippen LogP contribution in [0.1, 0.15) is 51.9 Å². The Morgan fingerprint density at radius 3 is 2.00 bits per heavy atom. The molecule has 2 nitrogen and oxygen atoms in total. The maximum Gasteiger partial charge on any atom is 0.226 e. The monoisotopic (exact) mass is 266 g/mol. The molecule has 0 fully saturated rings. The summed E-state index contributed by atoms with van der Waals surface area (Å²) in [5.41, 5.74) is 0. The predicted octanol–water partition coefficient (Wildman–Crippen LogP) is 3.91. The molecule has 0 rings (SSSR count). The van der Waals surface area contributed by atoms with Gasteiger partial charge in [0.25, 0.3) is 0 Å². The second kappa shape index (κ2) is 9.63. The summed E-state index contributed by atoms with van der Waals surface area (Å²) in [5.74, 6) is 0. The van der Waals surface area contributed by atoms with Crippen LogP contribution in [0.2, 0.25) is 0 Å². The summed E-state index contributed by atoms with van der Waals surface area (Å²) in [6.45, 7) is 2.23. The molecular weight excluding hydrogens is 240 g/mol. The van der Waals surface area contributed by atoms with Gasteiger partial charge in [0.15, 0.2) is 0 Å². The van der Waals surface area contributed by atoms with Gasteiger partial charge in [0.2, 0.25) is 5.12 Å². The Bertz CT molecular complexity index is 161. The fraction of sp³-hybridized carbons (Fsp3) is 1.00. The van der Waals surface area contributed by atoms with Gasteiger partial charge in [0, 0.05) is 14.2 Å². The molecule has 4 heteroatoms. The van der Waals surface area contributed by atoms with E-state index < -0.39 is 5.12 Å². The number of thiol groups is 2. The SMILES string of the molecule is CCCCCCCCC(S)C(S)(OC)OC. The fourth-order valence-corrected chi connectivity index (χ4v) is 2.18. The van der Waals surface area contributed by atoms with Gasteiger partial charge in [0.1, 0.15) is 0 Å². The highest BCUT2D eigenvalue weighted by atomic mass is 32.1. The van der Waals surface area contributed by atoms with Crippen molar-refractivity contribution in [3.05, 3.63) is 0 Å². The van der Waals surface area contributed by atoms with Gasteiger partial charge in [-0.25, -0.2) is 0 Å². The lowest BCUT2D eigenvalue weighted by Crippen LogP contribution is -2.37. The summed E-state index contributed by atoms with van der Waals surface area (Å²) in [6.07, 6.45) is 8.68. The fourth-order valence-electron chi connectivity index (χ4n) is 1.66. The van der Waals surface area contributed by atoms with Crippen LogP contribution >= 0.6 is 25.3 Å². The van der Waals surface area contributed by atoms with E-state index in [1.165, 1.54) is 32.1 Å². The Kier molecular flexibility index (Phi) is 10.0. The van der Waals surface area contributed by atoms with Crippen molar-refractivity contribution in [3.8, 4) is 0 Å². The normalized spacial score (nSPS) is 14.1. The lowest BCUT2D eigenvalue weighted by molar-refractivity contribution is -0.132. The van der Waals surface area contributed by atoms with E-state index in [4.69, 9.17) is 9.47 Å². The molecule has 0 aliphatic rings. The maximum absolute atomic E-state index is 5.21. The first-order valence-electron chi connectivity index (χ1n) is 6.11. The van der Waals surface area contributed by atoms with E-state index in [0.29, 0.717) is 0 Å². The van der Waals surface area contributed by atoms with E-state index in [0.717, 1.165) is 12.8 Å². The number of hydrogen-bond acceptors (Lipinski definition) is 4. The third kappa shape index (κ3) is 6.38. The number of rotatable bonds is 10. The van der Waals surface area contributed by atoms with Gasteiger partial charge in [0.05, 0.1) is 5.25 Å². The van der Waals surface area contributed by atoms with Crippen LogP contribution in [0.5, 0.6) is 0 Å². The second-order valence-corrected chi connectivity index (χ2v) is 5.36. The van der Waals surface area contributed by atoms with Gasteiger partial charge in [-0.15, -0.1) is 12.6 Å². The quantitative estimate of drug-likeness (QED) is 0.355. The zero-order valence-electron chi connectivity index (χ0n) is 10.7. The Balaban J connectivity index is 3.60. The summed E-state index contributed by atoms with van der Waals surface area (Å²) in [4.78, 5) is 0. The minimum atomic E-state index is -0.855. The second-order valence-electron chi connectivity index (χ2n) is 4.11. The van der Waals surface area contributed by atoms with Crippen LogP contribution in [-0.4, -0.2) is 24.6 Å². The van der Waals surface area contributed by atoms with Crippen molar-refractivity contribution in [2.75, 3.05) is 14.2 Å². The van der Waals surface area contributed by atoms with Crippen molar-refractivity contribution in [3.63, 3.8) is 0 Å². The molecule has 0 saturated heterocycles. The molecule has 0 aromatic heterocycles. The van der Waals surface area contributed by atoms with Crippen LogP contribution in [0.4, 0.5) is 0 Å². The highest BCUT2D eigenvalue weighted by molar-refractivity contribution is 7.85. The first-order valence-corrected chi connectivity index (χ1v) is 7.07. The molecule has 0 aliphatic carbocycles. The molecule has 0 bridgehead atoms. The standard InChI is InChI=1S/C12H26O2S2/c1-4-5-6-7-8-9-10-11(15)12(16,13-2)14-3/h11,15-16H,4-10H2,1-3H3. The molecule has 0 aliphatic heterocycles. The van der Waals surface area contributed by atoms with E-state index in [-0.39, 0.29) is 5.25 Å². The Morgan fingerprint density at radius 1 is 1.00 bits per heavy atom. The van der Waals surface area contributed by atoms with Gasteiger partial charge in [-0.1, -0.05) is 45.4 Å². The van der Waals surface area contributed by atoms with Crippen molar-refractivity contribution < 1.29 is 9.47 Å². The highest BCUT2D eigenvalue weighted by Gasteiger charge is 2.32. The zero-order valence-corrected chi connectivity index (χ0v) is 12.5. The van der Waals surface area contributed by atoms with Crippen LogP contribution in [-0.2, 0) is 9.47 Å². The van der Waals surface area contributed by atoms with Crippen LogP contribution in [0.3, 0.4) is 0 Å². The van der Waals surface area contributed by atoms with Crippen molar-refractivity contribution in [1.82, 2.24) is 0 Å². The minimum Gasteiger partial charge on any atom is -0.344 e. The van der Waals surface area contributed by atoms with E-state index in [9.17, 15) is 0 Å². The van der Waals surface area contributed by atoms with Gasteiger partial charge < -0.3 is 9.47 Å². The molecule has 16 heavy (non-hydrogen) atoms. The molecule has 0 radical (unpaired) electrons. The lowest BCUT2D eigenvalue weighted by Gasteiger charge is -2.30. The smallest absolute Gasteiger partial charge is 0.226 e. The van der Waals surface area contributed by atoms with E-state index in [1.54, 1.807) is 14.2 Å². The Hall–Kier alpha value is 0.620. The summed E-state index contributed by atoms with van der Waals surface area (Å²) < 4.78 is 10.4. The van der Waals surface area contributed by atoms with Gasteiger partial charge in [-0.2, -0.15) is 12.6 Å². The highest BCUT2D eigenvalue weighted by Crippen LogP contribution is 2.29. The molecule has 0 heterocycles. The molecular formula is C12H26O2S2. The van der Waals surface area contributed by atoms with Crippen molar-refractivity contribution in [2.24, 2.45) is 0 Å². The molecule has 0 aromatic rings. The average molecular weight is 266 g/mol. The molecule has 98 valence electrons. The Morgan fingerprint density at radius 2 is 1.50 bits per heavy atom. The molecule has 0 N–H and O–H groups in total. The summed E-state index contributed by atoms with van der Waals surface area (Å²) in [6, 6.07) is 0. The van der Waals surface area contributed by atoms with Crippen LogP contribution in [0, 0.1) is 0 Å². The molecule has 1 unspecified atom stereocenters. The van der Waals surface area contributed by atoms with Gasteiger partial charge >= 0.3 is 0 Å². The lowest BCUT2D eigenvalue weighted by atomic mass is 10.1. The molecule has 0 saturated carbocycles. The summed E-state index contributed by atoms with van der Waals surface area (Å²) >= 11 is 8.84. The average Bonchev–Trinajstić information content (AvgIpc) is 2.32. The van der Waals surface area contributed by atoms with Crippen molar-refractivity contribution in [1.29, 1.82) is 0 Å². The third-order valence-electron chi connectivity index (χ3n) is 2.84. The predicted molar refractivity (Wildman–Crippen MR) is 76.5 cm³/mol. The first kappa shape index (κ1) is 16.6. The molecule has 0 spiro atoms. The molecule has 0 amide bonds. The summed E-state index contributed by atoms with van der Waals surface area (Å²) in [7, 11) is 3.20. The number of unbranched alkanes of at least 4 members (excludes halogenated alkanes) is 5. The van der Waals surface area contributed by atoms with Crippen LogP contribution in [0.15, 0.2) is 0 Å². The van der Waals surface area contributed by atoms with E-state index >= 15 is 0 Å². The van der Waals surface area contributed by atoms with Crippen molar-refractivity contribution >= 4 is 25.3 Å². The molecule has 0 aromatic carbocycles. The minimum absolute atomic E-state index is 0.0111. The number of methoxy groups -OCH3 is 2. The largest absolute Gasteiger partial charge is 0.344 e. The zero-order chi connectivity index (χ0) is 12.4. The van der Waals surface area contributed by atoms with E-state index in [1.807, 2.05) is 0 Å². The molecule has 1 atom stereocenters. The van der Waals surface area contributed by atoms with Crippen molar-refractivity contribution in [2.45, 2.75) is 62.2 Å². The number of ether oxygens (including phenoxy) is 2. The van der Waals surface area contributed by atoms with E-state index in [2.05, 4.69) is 32.2 Å².